The molecule has 0 bridgehead atoms. The van der Waals surface area contributed by atoms with Gasteiger partial charge in [-0.15, -0.1) is 11.3 Å². The molecule has 0 aliphatic carbocycles. The molecule has 0 unspecified atom stereocenters. The smallest absolute Gasteiger partial charge is 0.271 e. The van der Waals surface area contributed by atoms with Gasteiger partial charge in [0.05, 0.1) is 15.9 Å². The highest BCUT2D eigenvalue weighted by Crippen LogP contribution is 2.35. The van der Waals surface area contributed by atoms with E-state index in [0.717, 1.165) is 16.9 Å². The number of aryl methyl sites for hydroxylation is 1. The molecule has 2 rings (SSSR count). The van der Waals surface area contributed by atoms with Gasteiger partial charge in [-0.3, -0.25) is 4.72 Å². The Morgan fingerprint density at radius 2 is 2.05 bits per heavy atom. The largest absolute Gasteiger partial charge is 0.496 e. The van der Waals surface area contributed by atoms with Crippen LogP contribution in [0.15, 0.2) is 32.3 Å². The molecule has 4 nitrogen and oxygen atoms in total. The van der Waals surface area contributed by atoms with Crippen molar-refractivity contribution in [3.63, 3.8) is 0 Å². The summed E-state index contributed by atoms with van der Waals surface area (Å²) in [5, 5.41) is 0.376. The zero-order valence-electron chi connectivity index (χ0n) is 10.6. The molecule has 0 radical (unpaired) electrons. The molecule has 0 aliphatic rings. The minimum atomic E-state index is -3.64. The first-order chi connectivity index (χ1) is 9.33. The molecule has 8 heteroatoms. The molecule has 0 fully saturated rings. The van der Waals surface area contributed by atoms with Gasteiger partial charge >= 0.3 is 0 Å². The summed E-state index contributed by atoms with van der Waals surface area (Å²) in [4.78, 5) is 0. The lowest BCUT2D eigenvalue weighted by atomic mass is 10.2. The first-order valence-corrected chi connectivity index (χ1v) is 8.93. The molecule has 0 spiro atoms. The quantitative estimate of drug-likeness (QED) is 0.839. The van der Waals surface area contributed by atoms with Crippen LogP contribution in [0.2, 0.25) is 5.02 Å². The number of benzene rings is 1. The monoisotopic (exact) mass is 395 g/mol. The maximum Gasteiger partial charge on any atom is 0.271 e. The standard InChI is InChI=1S/C12H11BrClNO3S2/c1-7-5-8(3-4-10(7)18-2)15-20(16,17)11-6-9(14)12(13)19-11/h3-6,15H,1-2H3. The summed E-state index contributed by atoms with van der Waals surface area (Å²) in [6.07, 6.45) is 0. The van der Waals surface area contributed by atoms with Crippen LogP contribution in [0.4, 0.5) is 5.69 Å². The second kappa shape index (κ2) is 5.93. The van der Waals surface area contributed by atoms with Crippen LogP contribution in [-0.4, -0.2) is 15.5 Å². The number of sulfonamides is 1. The molecule has 2 aromatic rings. The maximum atomic E-state index is 12.2. The molecule has 0 saturated heterocycles. The molecule has 0 amide bonds. The Bertz CT molecular complexity index is 724. The van der Waals surface area contributed by atoms with Gasteiger partial charge in [-0.1, -0.05) is 11.6 Å². The van der Waals surface area contributed by atoms with Crippen molar-refractivity contribution in [3.8, 4) is 5.75 Å². The molecule has 0 aliphatic heterocycles. The van der Waals surface area contributed by atoms with E-state index in [9.17, 15) is 8.42 Å². The third-order valence-corrected chi connectivity index (χ3v) is 6.86. The van der Waals surface area contributed by atoms with E-state index in [4.69, 9.17) is 16.3 Å². The molecule has 1 N–H and O–H groups in total. The molecule has 20 heavy (non-hydrogen) atoms. The number of thiophene rings is 1. The SMILES string of the molecule is COc1ccc(NS(=O)(=O)c2cc(Cl)c(Br)s2)cc1C. The highest BCUT2D eigenvalue weighted by molar-refractivity contribution is 9.11. The number of anilines is 1. The molecular weight excluding hydrogens is 386 g/mol. The Morgan fingerprint density at radius 1 is 1.35 bits per heavy atom. The van der Waals surface area contributed by atoms with E-state index in [2.05, 4.69) is 20.7 Å². The fourth-order valence-corrected chi connectivity index (χ4v) is 5.05. The molecule has 1 aromatic heterocycles. The van der Waals surface area contributed by atoms with E-state index in [0.29, 0.717) is 20.2 Å². The molecule has 1 aromatic carbocycles. The van der Waals surface area contributed by atoms with Crippen molar-refractivity contribution in [3.05, 3.63) is 38.6 Å². The van der Waals surface area contributed by atoms with Crippen LogP contribution >= 0.6 is 38.9 Å². The van der Waals surface area contributed by atoms with E-state index in [1.54, 1.807) is 25.3 Å². The Labute approximate surface area is 134 Å². The second-order valence-electron chi connectivity index (χ2n) is 3.98. The summed E-state index contributed by atoms with van der Waals surface area (Å²) in [6.45, 7) is 1.84. The third-order valence-electron chi connectivity index (χ3n) is 2.53. The highest BCUT2D eigenvalue weighted by Gasteiger charge is 2.19. The van der Waals surface area contributed by atoms with Gasteiger partial charge in [0.25, 0.3) is 10.0 Å². The van der Waals surface area contributed by atoms with Crippen LogP contribution in [0.25, 0.3) is 0 Å². The van der Waals surface area contributed by atoms with Crippen LogP contribution in [0.5, 0.6) is 5.75 Å². The summed E-state index contributed by atoms with van der Waals surface area (Å²) >= 11 is 10.1. The van der Waals surface area contributed by atoms with Gasteiger partial charge in [0.2, 0.25) is 0 Å². The molecule has 0 saturated carbocycles. The van der Waals surface area contributed by atoms with Crippen molar-refractivity contribution in [2.45, 2.75) is 11.1 Å². The molecular formula is C12H11BrClNO3S2. The van der Waals surface area contributed by atoms with Gasteiger partial charge in [-0.05, 0) is 52.7 Å². The zero-order chi connectivity index (χ0) is 14.9. The lowest BCUT2D eigenvalue weighted by Crippen LogP contribution is -2.11. The summed E-state index contributed by atoms with van der Waals surface area (Å²) in [5.41, 5.74) is 1.32. The normalized spacial score (nSPS) is 11.4. The van der Waals surface area contributed by atoms with Crippen LogP contribution in [-0.2, 0) is 10.0 Å². The Morgan fingerprint density at radius 3 is 2.55 bits per heavy atom. The highest BCUT2D eigenvalue weighted by atomic mass is 79.9. The average molecular weight is 397 g/mol. The van der Waals surface area contributed by atoms with Gasteiger partial charge in [0.1, 0.15) is 9.96 Å². The first-order valence-electron chi connectivity index (χ1n) is 5.46. The second-order valence-corrected chi connectivity index (χ2v) is 8.66. The summed E-state index contributed by atoms with van der Waals surface area (Å²) in [6, 6.07) is 6.48. The van der Waals surface area contributed by atoms with Crippen molar-refractivity contribution >= 4 is 54.6 Å². The number of hydrogen-bond donors (Lipinski definition) is 1. The van der Waals surface area contributed by atoms with E-state index in [1.807, 2.05) is 6.92 Å². The maximum absolute atomic E-state index is 12.2. The van der Waals surface area contributed by atoms with Gasteiger partial charge in [0, 0.05) is 5.69 Å². The number of methoxy groups -OCH3 is 1. The Kier molecular flexibility index (Phi) is 4.63. The van der Waals surface area contributed by atoms with E-state index in [1.165, 1.54) is 6.07 Å². The summed E-state index contributed by atoms with van der Waals surface area (Å²) in [5.74, 6) is 0.704. The topological polar surface area (TPSA) is 55.4 Å². The van der Waals surface area contributed by atoms with Crippen molar-refractivity contribution in [1.29, 1.82) is 0 Å². The third kappa shape index (κ3) is 3.28. The van der Waals surface area contributed by atoms with E-state index in [-0.39, 0.29) is 4.21 Å². The fraction of sp³-hybridized carbons (Fsp3) is 0.167. The van der Waals surface area contributed by atoms with Gasteiger partial charge in [0.15, 0.2) is 0 Å². The van der Waals surface area contributed by atoms with Crippen molar-refractivity contribution in [1.82, 2.24) is 0 Å². The first kappa shape index (κ1) is 15.6. The molecule has 108 valence electrons. The number of halogens is 2. The summed E-state index contributed by atoms with van der Waals surface area (Å²) in [7, 11) is -2.07. The van der Waals surface area contributed by atoms with E-state index < -0.39 is 10.0 Å². The van der Waals surface area contributed by atoms with Crippen molar-refractivity contribution < 1.29 is 13.2 Å². The lowest BCUT2D eigenvalue weighted by Gasteiger charge is -2.09. The van der Waals surface area contributed by atoms with Crippen molar-refractivity contribution in [2.75, 3.05) is 11.8 Å². The van der Waals surface area contributed by atoms with Crippen LogP contribution in [0.1, 0.15) is 5.56 Å². The minimum Gasteiger partial charge on any atom is -0.496 e. The number of nitrogens with one attached hydrogen (secondary N) is 1. The van der Waals surface area contributed by atoms with Gasteiger partial charge < -0.3 is 4.74 Å². The number of ether oxygens (including phenoxy) is 1. The molecule has 0 atom stereocenters. The van der Waals surface area contributed by atoms with E-state index >= 15 is 0 Å². The van der Waals surface area contributed by atoms with Gasteiger partial charge in [-0.25, -0.2) is 8.42 Å². The predicted octanol–water partition coefficient (Wildman–Crippen LogP) is 4.28. The van der Waals surface area contributed by atoms with Crippen LogP contribution in [0, 0.1) is 6.92 Å². The number of rotatable bonds is 4. The van der Waals surface area contributed by atoms with Crippen LogP contribution < -0.4 is 9.46 Å². The summed E-state index contributed by atoms with van der Waals surface area (Å²) < 4.78 is 32.8. The lowest BCUT2D eigenvalue weighted by molar-refractivity contribution is 0.412. The number of hydrogen-bond acceptors (Lipinski definition) is 4. The molecule has 1 heterocycles. The Balaban J connectivity index is 2.31. The predicted molar refractivity (Wildman–Crippen MR) is 85.6 cm³/mol. The van der Waals surface area contributed by atoms with Crippen LogP contribution in [0.3, 0.4) is 0 Å². The average Bonchev–Trinajstić information content (AvgIpc) is 2.70. The Hall–Kier alpha value is -0.760. The fourth-order valence-electron chi connectivity index (χ4n) is 1.61. The zero-order valence-corrected chi connectivity index (χ0v) is 14.6. The van der Waals surface area contributed by atoms with Gasteiger partial charge in [-0.2, -0.15) is 0 Å². The minimum absolute atomic E-state index is 0.155. The van der Waals surface area contributed by atoms with Crippen molar-refractivity contribution in [2.24, 2.45) is 0 Å².